The van der Waals surface area contributed by atoms with Crippen LogP contribution in [0, 0.1) is 11.6 Å². The molecular formula is C12H8BrF2N5. The summed E-state index contributed by atoms with van der Waals surface area (Å²) in [6.45, 7) is 0. The smallest absolute Gasteiger partial charge is 0.180 e. The molecular weight excluding hydrogens is 332 g/mol. The van der Waals surface area contributed by atoms with Crippen LogP contribution < -0.4 is 11.1 Å². The maximum absolute atomic E-state index is 13.7. The number of benzene rings is 1. The molecule has 2 aromatic heterocycles. The molecule has 8 heteroatoms. The lowest BCUT2D eigenvalue weighted by Gasteiger charge is -2.09. The number of anilines is 3. The zero-order valence-corrected chi connectivity index (χ0v) is 11.5. The first-order valence-electron chi connectivity index (χ1n) is 5.55. The molecule has 0 saturated heterocycles. The molecule has 102 valence electrons. The summed E-state index contributed by atoms with van der Waals surface area (Å²) in [5.74, 6) is -0.883. The van der Waals surface area contributed by atoms with Crippen LogP contribution in [0.2, 0.25) is 0 Å². The van der Waals surface area contributed by atoms with Gasteiger partial charge in [-0.25, -0.2) is 18.7 Å². The van der Waals surface area contributed by atoms with E-state index in [9.17, 15) is 8.78 Å². The van der Waals surface area contributed by atoms with E-state index in [2.05, 4.69) is 31.2 Å². The molecule has 0 atom stereocenters. The topological polar surface area (TPSA) is 68.2 Å². The van der Waals surface area contributed by atoms with Crippen molar-refractivity contribution in [3.05, 3.63) is 46.8 Å². The number of halogens is 3. The molecule has 20 heavy (non-hydrogen) atoms. The summed E-state index contributed by atoms with van der Waals surface area (Å²) in [7, 11) is 0. The molecule has 0 saturated carbocycles. The third-order valence-corrected chi connectivity index (χ3v) is 3.26. The van der Waals surface area contributed by atoms with Gasteiger partial charge in [0.25, 0.3) is 0 Å². The average Bonchev–Trinajstić information content (AvgIpc) is 2.84. The van der Waals surface area contributed by atoms with Gasteiger partial charge >= 0.3 is 0 Å². The molecule has 0 radical (unpaired) electrons. The highest BCUT2D eigenvalue weighted by atomic mass is 79.9. The Balaban J connectivity index is 2.09. The van der Waals surface area contributed by atoms with Gasteiger partial charge in [-0.1, -0.05) is 0 Å². The average molecular weight is 340 g/mol. The van der Waals surface area contributed by atoms with E-state index < -0.39 is 11.6 Å². The van der Waals surface area contributed by atoms with Crippen molar-refractivity contribution in [1.29, 1.82) is 0 Å². The summed E-state index contributed by atoms with van der Waals surface area (Å²) in [6, 6.07) is 2.07. The van der Waals surface area contributed by atoms with Crippen LogP contribution in [0.1, 0.15) is 0 Å². The van der Waals surface area contributed by atoms with Crippen LogP contribution in [0.5, 0.6) is 0 Å². The molecule has 3 N–H and O–H groups in total. The van der Waals surface area contributed by atoms with Crippen LogP contribution >= 0.6 is 15.9 Å². The maximum atomic E-state index is 13.7. The monoisotopic (exact) mass is 339 g/mol. The fourth-order valence-corrected chi connectivity index (χ4v) is 2.12. The summed E-state index contributed by atoms with van der Waals surface area (Å²) in [5.41, 5.74) is 6.22. The second-order valence-corrected chi connectivity index (χ2v) is 4.90. The number of nitrogen functional groups attached to an aromatic ring is 1. The molecule has 0 spiro atoms. The standard InChI is InChI=1S/C12H8BrF2N5/c13-6-3-9(8(15)4-7(6)14)18-11-12-17-1-2-20(12)5-10(16)19-11/h1-5H,16H2,(H,18,19). The number of nitrogens with one attached hydrogen (secondary N) is 1. The molecule has 0 aliphatic rings. The Kier molecular flexibility index (Phi) is 3.01. The van der Waals surface area contributed by atoms with Gasteiger partial charge in [0.1, 0.15) is 17.5 Å². The van der Waals surface area contributed by atoms with Crippen LogP contribution in [0.25, 0.3) is 5.65 Å². The Hall–Kier alpha value is -2.22. The zero-order valence-electron chi connectivity index (χ0n) is 9.94. The summed E-state index contributed by atoms with van der Waals surface area (Å²) in [6.07, 6.45) is 4.85. The van der Waals surface area contributed by atoms with E-state index in [-0.39, 0.29) is 21.8 Å². The van der Waals surface area contributed by atoms with E-state index >= 15 is 0 Å². The second kappa shape index (κ2) is 4.71. The Morgan fingerprint density at radius 1 is 1.25 bits per heavy atom. The third kappa shape index (κ3) is 2.18. The van der Waals surface area contributed by atoms with Crippen molar-refractivity contribution in [2.75, 3.05) is 11.1 Å². The van der Waals surface area contributed by atoms with Gasteiger partial charge < -0.3 is 15.5 Å². The third-order valence-electron chi connectivity index (χ3n) is 2.66. The first-order chi connectivity index (χ1) is 9.54. The predicted octanol–water partition coefficient (Wildman–Crippen LogP) is 3.10. The lowest BCUT2D eigenvalue weighted by atomic mass is 10.3. The van der Waals surface area contributed by atoms with Crippen molar-refractivity contribution in [2.45, 2.75) is 0 Å². The van der Waals surface area contributed by atoms with E-state index in [0.717, 1.165) is 6.07 Å². The Labute approximate surface area is 120 Å². The molecule has 1 aromatic carbocycles. The second-order valence-electron chi connectivity index (χ2n) is 4.04. The van der Waals surface area contributed by atoms with Gasteiger partial charge in [0.05, 0.1) is 16.4 Å². The molecule has 0 aliphatic carbocycles. The highest BCUT2D eigenvalue weighted by Crippen LogP contribution is 2.27. The minimum atomic E-state index is -0.736. The maximum Gasteiger partial charge on any atom is 0.180 e. The molecule has 3 aromatic rings. The van der Waals surface area contributed by atoms with Crippen LogP contribution in [-0.2, 0) is 0 Å². The number of rotatable bonds is 2. The Bertz CT molecular complexity index is 802. The van der Waals surface area contributed by atoms with Crippen molar-refractivity contribution in [3.63, 3.8) is 0 Å². The largest absolute Gasteiger partial charge is 0.382 e. The molecule has 0 fully saturated rings. The number of imidazole rings is 1. The highest BCUT2D eigenvalue weighted by molar-refractivity contribution is 9.10. The number of hydrogen-bond donors (Lipinski definition) is 2. The molecule has 0 unspecified atom stereocenters. The first kappa shape index (κ1) is 12.8. The highest BCUT2D eigenvalue weighted by Gasteiger charge is 2.12. The summed E-state index contributed by atoms with van der Waals surface area (Å²) in [4.78, 5) is 8.17. The molecule has 0 bridgehead atoms. The normalized spacial score (nSPS) is 10.9. The zero-order chi connectivity index (χ0) is 14.3. The lowest BCUT2D eigenvalue weighted by molar-refractivity contribution is 0.581. The van der Waals surface area contributed by atoms with E-state index in [0.29, 0.717) is 5.65 Å². The van der Waals surface area contributed by atoms with Gasteiger partial charge in [0, 0.05) is 18.5 Å². The van der Waals surface area contributed by atoms with Crippen molar-refractivity contribution in [2.24, 2.45) is 0 Å². The molecule has 0 aliphatic heterocycles. The molecule has 3 rings (SSSR count). The Morgan fingerprint density at radius 2 is 2.05 bits per heavy atom. The van der Waals surface area contributed by atoms with E-state index in [1.165, 1.54) is 6.07 Å². The van der Waals surface area contributed by atoms with Gasteiger partial charge in [-0.2, -0.15) is 0 Å². The fourth-order valence-electron chi connectivity index (χ4n) is 1.78. The van der Waals surface area contributed by atoms with E-state index in [1.54, 1.807) is 23.0 Å². The number of aromatic nitrogens is 3. The van der Waals surface area contributed by atoms with Gasteiger partial charge in [0.15, 0.2) is 11.5 Å². The number of fused-ring (bicyclic) bond motifs is 1. The SMILES string of the molecule is Nc1cn2ccnc2c(Nc2cc(Br)c(F)cc2F)n1. The van der Waals surface area contributed by atoms with Crippen molar-refractivity contribution < 1.29 is 8.78 Å². The first-order valence-corrected chi connectivity index (χ1v) is 6.34. The van der Waals surface area contributed by atoms with Crippen LogP contribution in [0.15, 0.2) is 35.2 Å². The Morgan fingerprint density at radius 3 is 2.85 bits per heavy atom. The van der Waals surface area contributed by atoms with Crippen molar-refractivity contribution in [1.82, 2.24) is 14.4 Å². The number of nitrogens with zero attached hydrogens (tertiary/aromatic N) is 3. The van der Waals surface area contributed by atoms with Gasteiger partial charge in [0.2, 0.25) is 0 Å². The minimum absolute atomic E-state index is 0.0706. The van der Waals surface area contributed by atoms with Crippen molar-refractivity contribution in [3.8, 4) is 0 Å². The van der Waals surface area contributed by atoms with Crippen molar-refractivity contribution >= 4 is 38.9 Å². The molecule has 0 amide bonds. The van der Waals surface area contributed by atoms with Crippen LogP contribution in [-0.4, -0.2) is 14.4 Å². The summed E-state index contributed by atoms with van der Waals surface area (Å²) < 4.78 is 28.7. The molecule has 5 nitrogen and oxygen atoms in total. The summed E-state index contributed by atoms with van der Waals surface area (Å²) in [5, 5.41) is 2.76. The lowest BCUT2D eigenvalue weighted by Crippen LogP contribution is -2.03. The van der Waals surface area contributed by atoms with Gasteiger partial charge in [-0.05, 0) is 22.0 Å². The quantitative estimate of drug-likeness (QED) is 0.704. The van der Waals surface area contributed by atoms with Gasteiger partial charge in [-0.15, -0.1) is 0 Å². The van der Waals surface area contributed by atoms with Crippen LogP contribution in [0.4, 0.5) is 26.1 Å². The minimum Gasteiger partial charge on any atom is -0.382 e. The summed E-state index contributed by atoms with van der Waals surface area (Å²) >= 11 is 3.00. The predicted molar refractivity (Wildman–Crippen MR) is 74.7 cm³/mol. The fraction of sp³-hybridized carbons (Fsp3) is 0. The van der Waals surface area contributed by atoms with E-state index in [4.69, 9.17) is 5.73 Å². The number of nitrogens with two attached hydrogens (primary N) is 1. The number of hydrogen-bond acceptors (Lipinski definition) is 4. The van der Waals surface area contributed by atoms with Gasteiger partial charge in [-0.3, -0.25) is 0 Å². The van der Waals surface area contributed by atoms with E-state index in [1.807, 2.05) is 0 Å². The molecule has 2 heterocycles. The van der Waals surface area contributed by atoms with Crippen LogP contribution in [0.3, 0.4) is 0 Å².